The van der Waals surface area contributed by atoms with Gasteiger partial charge in [-0.2, -0.15) is 18.3 Å². The molecule has 1 spiro atoms. The number of aromatic amines is 1. The van der Waals surface area contributed by atoms with Gasteiger partial charge in [0.15, 0.2) is 0 Å². The monoisotopic (exact) mass is 459 g/mol. The molecule has 168 valence electrons. The molecule has 4 rings (SSSR count). The van der Waals surface area contributed by atoms with Crippen LogP contribution in [0.15, 0.2) is 17.6 Å². The lowest BCUT2D eigenvalue weighted by atomic mass is 9.86. The van der Waals surface area contributed by atoms with Crippen molar-refractivity contribution >= 4 is 29.1 Å². The molecule has 2 saturated heterocycles. The van der Waals surface area contributed by atoms with Gasteiger partial charge in [0.25, 0.3) is 5.91 Å². The highest BCUT2D eigenvalue weighted by Gasteiger charge is 2.48. The van der Waals surface area contributed by atoms with Gasteiger partial charge in [-0.1, -0.05) is 0 Å². The topological polar surface area (TPSA) is 119 Å². The lowest BCUT2D eigenvalue weighted by molar-refractivity contribution is -0.192. The van der Waals surface area contributed by atoms with Gasteiger partial charge in [0.1, 0.15) is 5.69 Å². The average Bonchev–Trinajstić information content (AvgIpc) is 3.45. The first-order valence-corrected chi connectivity index (χ1v) is 10.1. The molecule has 1 atom stereocenters. The van der Waals surface area contributed by atoms with E-state index in [9.17, 15) is 22.8 Å². The van der Waals surface area contributed by atoms with Crippen molar-refractivity contribution in [3.63, 3.8) is 0 Å². The van der Waals surface area contributed by atoms with E-state index in [0.29, 0.717) is 38.3 Å². The molecule has 31 heavy (non-hydrogen) atoms. The van der Waals surface area contributed by atoms with Crippen LogP contribution in [-0.4, -0.2) is 73.7 Å². The van der Waals surface area contributed by atoms with E-state index in [1.807, 2.05) is 22.1 Å². The molecular weight excluding hydrogens is 439 g/mol. The Bertz CT molecular complexity index is 962. The van der Waals surface area contributed by atoms with Crippen LogP contribution in [0.25, 0.3) is 0 Å². The molecule has 2 amide bonds. The van der Waals surface area contributed by atoms with E-state index in [-0.39, 0.29) is 17.2 Å². The van der Waals surface area contributed by atoms with E-state index in [1.165, 1.54) is 0 Å². The number of carboxylic acids is 1. The number of carbonyl (C=O) groups is 3. The van der Waals surface area contributed by atoms with Gasteiger partial charge in [-0.15, -0.1) is 11.3 Å². The highest BCUT2D eigenvalue weighted by atomic mass is 32.1. The van der Waals surface area contributed by atoms with Crippen molar-refractivity contribution in [2.75, 3.05) is 19.6 Å². The third kappa shape index (κ3) is 5.40. The second-order valence-electron chi connectivity index (χ2n) is 7.53. The van der Waals surface area contributed by atoms with E-state index in [1.54, 1.807) is 23.6 Å². The molecule has 0 aromatic carbocycles. The van der Waals surface area contributed by atoms with Crippen LogP contribution in [0, 0.1) is 12.3 Å². The molecule has 2 aromatic heterocycles. The first kappa shape index (κ1) is 22.7. The molecule has 4 heterocycles. The lowest BCUT2D eigenvalue weighted by Crippen LogP contribution is -2.34. The Balaban J connectivity index is 0.000000339. The van der Waals surface area contributed by atoms with Crippen molar-refractivity contribution in [1.29, 1.82) is 0 Å². The zero-order valence-electron chi connectivity index (χ0n) is 16.5. The number of nitrogens with zero attached hydrogens (tertiary/aromatic N) is 4. The number of aromatic nitrogens is 3. The van der Waals surface area contributed by atoms with Crippen LogP contribution in [0.4, 0.5) is 13.2 Å². The number of carboxylic acid groups (broad SMARTS) is 1. The third-order valence-electron chi connectivity index (χ3n) is 5.12. The van der Waals surface area contributed by atoms with Crippen molar-refractivity contribution < 1.29 is 32.7 Å². The molecule has 13 heteroatoms. The summed E-state index contributed by atoms with van der Waals surface area (Å²) >= 11 is 1.60. The number of thiazole rings is 1. The molecule has 1 unspecified atom stereocenters. The van der Waals surface area contributed by atoms with E-state index >= 15 is 0 Å². The number of aliphatic carboxylic acids is 1. The third-order valence-corrected chi connectivity index (χ3v) is 5.95. The fourth-order valence-electron chi connectivity index (χ4n) is 3.73. The number of carbonyl (C=O) groups excluding carboxylic acids is 2. The van der Waals surface area contributed by atoms with E-state index in [0.717, 1.165) is 17.1 Å². The summed E-state index contributed by atoms with van der Waals surface area (Å²) in [6.45, 7) is 4.56. The fraction of sp³-hybridized carbons (Fsp3) is 0.500. The summed E-state index contributed by atoms with van der Waals surface area (Å²) in [5.41, 5.74) is 1.34. The number of alkyl halides is 3. The van der Waals surface area contributed by atoms with Gasteiger partial charge in [-0.05, 0) is 19.4 Å². The molecular formula is C18H20F3N5O4S. The summed E-state index contributed by atoms with van der Waals surface area (Å²) in [6, 6.07) is 1.68. The van der Waals surface area contributed by atoms with Crippen LogP contribution in [0.1, 0.15) is 34.0 Å². The SMILES string of the molecule is Cc1nc(CN2CC3(CCN(C(=O)c4ccn[nH]4)C3)CC2=O)cs1.O=C(O)C(F)(F)F. The molecule has 9 nitrogen and oxygen atoms in total. The number of likely N-dealkylation sites (tertiary alicyclic amines) is 2. The minimum atomic E-state index is -5.08. The minimum Gasteiger partial charge on any atom is -0.475 e. The van der Waals surface area contributed by atoms with Gasteiger partial charge >= 0.3 is 12.1 Å². The largest absolute Gasteiger partial charge is 0.490 e. The van der Waals surface area contributed by atoms with Crippen LogP contribution in [-0.2, 0) is 16.1 Å². The molecule has 2 aromatic rings. The smallest absolute Gasteiger partial charge is 0.475 e. The molecule has 0 radical (unpaired) electrons. The van der Waals surface area contributed by atoms with Gasteiger partial charge in [-0.25, -0.2) is 9.78 Å². The number of halogens is 3. The second kappa shape index (κ2) is 8.65. The van der Waals surface area contributed by atoms with Crippen LogP contribution in [0.5, 0.6) is 0 Å². The number of hydrogen-bond donors (Lipinski definition) is 2. The lowest BCUT2D eigenvalue weighted by Gasteiger charge is -2.23. The quantitative estimate of drug-likeness (QED) is 0.725. The van der Waals surface area contributed by atoms with Crippen molar-refractivity contribution in [2.24, 2.45) is 5.41 Å². The number of rotatable bonds is 3. The summed E-state index contributed by atoms with van der Waals surface area (Å²) in [7, 11) is 0. The fourth-order valence-corrected chi connectivity index (χ4v) is 4.33. The van der Waals surface area contributed by atoms with Gasteiger partial charge in [0, 0.05) is 43.0 Å². The Kier molecular flexibility index (Phi) is 6.34. The Hall–Kier alpha value is -2.96. The Labute approximate surface area is 178 Å². The Morgan fingerprint density at radius 2 is 2.06 bits per heavy atom. The van der Waals surface area contributed by atoms with Crippen molar-refractivity contribution in [2.45, 2.75) is 32.5 Å². The first-order valence-electron chi connectivity index (χ1n) is 9.27. The van der Waals surface area contributed by atoms with Crippen molar-refractivity contribution in [1.82, 2.24) is 25.0 Å². The summed E-state index contributed by atoms with van der Waals surface area (Å²) in [6.07, 6.45) is -2.12. The Morgan fingerprint density at radius 3 is 2.61 bits per heavy atom. The summed E-state index contributed by atoms with van der Waals surface area (Å²) < 4.78 is 31.7. The second-order valence-corrected chi connectivity index (χ2v) is 8.60. The predicted molar refractivity (Wildman–Crippen MR) is 102 cm³/mol. The van der Waals surface area contributed by atoms with Gasteiger partial charge in [0.2, 0.25) is 5.91 Å². The van der Waals surface area contributed by atoms with Crippen LogP contribution in [0.2, 0.25) is 0 Å². The summed E-state index contributed by atoms with van der Waals surface area (Å²) in [4.78, 5) is 41.9. The molecule has 2 fully saturated rings. The number of H-pyrrole nitrogens is 1. The highest BCUT2D eigenvalue weighted by Crippen LogP contribution is 2.41. The maximum atomic E-state index is 12.5. The minimum absolute atomic E-state index is 0.0367. The molecule has 2 aliphatic heterocycles. The average molecular weight is 459 g/mol. The maximum absolute atomic E-state index is 12.5. The number of hydrogen-bond acceptors (Lipinski definition) is 6. The molecule has 0 bridgehead atoms. The van der Waals surface area contributed by atoms with E-state index in [4.69, 9.17) is 9.90 Å². The summed E-state index contributed by atoms with van der Waals surface area (Å²) in [5.74, 6) is -2.63. The standard InChI is InChI=1S/C16H19N5O2S.C2HF3O2/c1-11-18-12(8-24-11)7-21-10-16(6-14(21)22)3-5-20(9-16)15(23)13-2-4-17-19-13;3-2(4,5)1(6)7/h2,4,8H,3,5-7,9-10H2,1H3,(H,17,19);(H,6,7). The molecule has 0 saturated carbocycles. The van der Waals surface area contributed by atoms with Gasteiger partial charge < -0.3 is 14.9 Å². The van der Waals surface area contributed by atoms with E-state index < -0.39 is 12.1 Å². The van der Waals surface area contributed by atoms with Crippen molar-refractivity contribution in [3.8, 4) is 0 Å². The Morgan fingerprint density at radius 1 is 1.35 bits per heavy atom. The number of amides is 2. The van der Waals surface area contributed by atoms with Crippen molar-refractivity contribution in [3.05, 3.63) is 34.0 Å². The van der Waals surface area contributed by atoms with E-state index in [2.05, 4.69) is 15.2 Å². The molecule has 0 aliphatic carbocycles. The zero-order valence-corrected chi connectivity index (χ0v) is 17.3. The molecule has 2 aliphatic rings. The zero-order chi connectivity index (χ0) is 22.8. The summed E-state index contributed by atoms with van der Waals surface area (Å²) in [5, 5.41) is 16.7. The van der Waals surface area contributed by atoms with Crippen LogP contribution < -0.4 is 0 Å². The predicted octanol–water partition coefficient (Wildman–Crippen LogP) is 2.07. The van der Waals surface area contributed by atoms with Crippen LogP contribution in [0.3, 0.4) is 0 Å². The van der Waals surface area contributed by atoms with Gasteiger partial charge in [0.05, 0.1) is 17.2 Å². The maximum Gasteiger partial charge on any atom is 0.490 e. The number of aryl methyl sites for hydroxylation is 1. The normalized spacial score (nSPS) is 20.8. The van der Waals surface area contributed by atoms with Crippen LogP contribution >= 0.6 is 11.3 Å². The molecule has 2 N–H and O–H groups in total. The first-order chi connectivity index (χ1) is 14.5. The highest BCUT2D eigenvalue weighted by molar-refractivity contribution is 7.09. The number of nitrogens with one attached hydrogen (secondary N) is 1. The van der Waals surface area contributed by atoms with Gasteiger partial charge in [-0.3, -0.25) is 14.7 Å².